The summed E-state index contributed by atoms with van der Waals surface area (Å²) in [5, 5.41) is 2.98. The molecule has 0 saturated carbocycles. The molecular formula is C35H38N4O2S. The van der Waals surface area contributed by atoms with Gasteiger partial charge in [0.25, 0.3) is 5.91 Å². The number of hydrogen-bond donors (Lipinski definition) is 0. The van der Waals surface area contributed by atoms with E-state index in [1.807, 2.05) is 35.7 Å². The second-order valence-corrected chi connectivity index (χ2v) is 12.5. The Morgan fingerprint density at radius 1 is 0.905 bits per heavy atom. The van der Waals surface area contributed by atoms with E-state index in [0.29, 0.717) is 24.7 Å². The summed E-state index contributed by atoms with van der Waals surface area (Å²) in [4.78, 5) is 37.9. The Kier molecular flexibility index (Phi) is 8.60. The fourth-order valence-corrected chi connectivity index (χ4v) is 7.65. The number of piperidine rings is 1. The molecule has 6 nitrogen and oxygen atoms in total. The first-order chi connectivity index (χ1) is 20.6. The number of likely N-dealkylation sites (N-methyl/N-ethyl adjacent to an activating group) is 1. The predicted molar refractivity (Wildman–Crippen MR) is 168 cm³/mol. The maximum absolute atomic E-state index is 14.3. The van der Waals surface area contributed by atoms with Crippen LogP contribution in [0.1, 0.15) is 50.9 Å². The molecule has 3 heterocycles. The Labute approximate surface area is 252 Å². The third-order valence-corrected chi connectivity index (χ3v) is 9.95. The molecule has 2 aliphatic rings. The number of aldehydes is 1. The van der Waals surface area contributed by atoms with Gasteiger partial charge in [-0.1, -0.05) is 91.0 Å². The zero-order valence-electron chi connectivity index (χ0n) is 24.1. The van der Waals surface area contributed by atoms with E-state index in [0.717, 1.165) is 61.3 Å². The van der Waals surface area contributed by atoms with E-state index < -0.39 is 5.54 Å². The molecule has 2 saturated heterocycles. The molecule has 42 heavy (non-hydrogen) atoms. The third kappa shape index (κ3) is 5.69. The number of hydrogen-bond acceptors (Lipinski definition) is 6. The average Bonchev–Trinajstić information content (AvgIpc) is 3.55. The highest BCUT2D eigenvalue weighted by Gasteiger charge is 2.47. The predicted octanol–water partition coefficient (Wildman–Crippen LogP) is 5.46. The number of carbonyl (C=O) groups is 2. The van der Waals surface area contributed by atoms with Gasteiger partial charge >= 0.3 is 0 Å². The summed E-state index contributed by atoms with van der Waals surface area (Å²) in [6.07, 6.45) is 3.70. The Hall–Kier alpha value is -3.65. The smallest absolute Gasteiger partial charge is 0.274 e. The molecule has 2 fully saturated rings. The van der Waals surface area contributed by atoms with E-state index in [4.69, 9.17) is 4.98 Å². The first-order valence-corrected chi connectivity index (χ1v) is 15.8. The number of nitrogens with zero attached hydrogens (tertiary/aromatic N) is 4. The maximum atomic E-state index is 14.3. The molecular weight excluding hydrogens is 540 g/mol. The minimum atomic E-state index is -0.607. The van der Waals surface area contributed by atoms with Gasteiger partial charge in [0.1, 0.15) is 17.5 Å². The number of piperazine rings is 1. The fraction of sp³-hybridized carbons (Fsp3) is 0.343. The molecule has 0 N–H and O–H groups in total. The molecule has 0 spiro atoms. The largest absolute Gasteiger partial charge is 0.321 e. The molecule has 0 radical (unpaired) electrons. The van der Waals surface area contributed by atoms with Gasteiger partial charge in [-0.2, -0.15) is 0 Å². The quantitative estimate of drug-likeness (QED) is 0.260. The SMILES string of the molecule is CN1CCN(C(=O)c2csc(C3CCN(C(C=O)Cc4ccccc4)CC3)n2)C(c2ccccc2)(c2ccccc2)C1. The number of aromatic nitrogens is 1. The molecule has 2 aliphatic heterocycles. The van der Waals surface area contributed by atoms with Gasteiger partial charge in [0.15, 0.2) is 0 Å². The molecule has 6 rings (SSSR count). The van der Waals surface area contributed by atoms with Crippen LogP contribution in [0.15, 0.2) is 96.4 Å². The molecule has 216 valence electrons. The summed E-state index contributed by atoms with van der Waals surface area (Å²) in [5.74, 6) is 0.289. The van der Waals surface area contributed by atoms with Gasteiger partial charge in [0.2, 0.25) is 0 Å². The van der Waals surface area contributed by atoms with Crippen LogP contribution in [0.25, 0.3) is 0 Å². The van der Waals surface area contributed by atoms with Crippen LogP contribution in [0, 0.1) is 0 Å². The van der Waals surface area contributed by atoms with Gasteiger partial charge in [-0.3, -0.25) is 9.69 Å². The maximum Gasteiger partial charge on any atom is 0.274 e. The molecule has 3 aromatic carbocycles. The van der Waals surface area contributed by atoms with Crippen LogP contribution >= 0.6 is 11.3 Å². The van der Waals surface area contributed by atoms with Crippen molar-refractivity contribution in [3.63, 3.8) is 0 Å². The molecule has 7 heteroatoms. The van der Waals surface area contributed by atoms with Crippen molar-refractivity contribution in [3.8, 4) is 0 Å². The van der Waals surface area contributed by atoms with E-state index in [1.165, 1.54) is 5.56 Å². The lowest BCUT2D eigenvalue weighted by Gasteiger charge is -2.50. The van der Waals surface area contributed by atoms with E-state index in [1.54, 1.807) is 11.3 Å². The average molecular weight is 579 g/mol. The van der Waals surface area contributed by atoms with Crippen molar-refractivity contribution >= 4 is 23.5 Å². The van der Waals surface area contributed by atoms with E-state index in [9.17, 15) is 9.59 Å². The number of rotatable bonds is 8. The van der Waals surface area contributed by atoms with Crippen molar-refractivity contribution in [2.45, 2.75) is 36.8 Å². The number of amides is 1. The van der Waals surface area contributed by atoms with Gasteiger partial charge in [-0.15, -0.1) is 11.3 Å². The summed E-state index contributed by atoms with van der Waals surface area (Å²) in [5.41, 5.74) is 3.34. The monoisotopic (exact) mass is 578 g/mol. The standard InChI is InChI=1S/C35H38N4O2S/c1-37-21-22-39(35(26-37,29-13-7-3-8-14-29)30-15-9-4-10-16-30)34(41)32-25-42-33(36-32)28-17-19-38(20-18-28)31(24-40)23-27-11-5-2-6-12-27/h2-16,24-25,28,31H,17-23,26H2,1H3. The van der Waals surface area contributed by atoms with Crippen LogP contribution in [-0.4, -0.2) is 77.7 Å². The van der Waals surface area contributed by atoms with Crippen molar-refractivity contribution in [2.24, 2.45) is 0 Å². The Balaban J connectivity index is 1.21. The summed E-state index contributed by atoms with van der Waals surface area (Å²) in [6.45, 7) is 3.85. The van der Waals surface area contributed by atoms with Crippen LogP contribution in [0.3, 0.4) is 0 Å². The van der Waals surface area contributed by atoms with Crippen molar-refractivity contribution in [1.82, 2.24) is 19.7 Å². The van der Waals surface area contributed by atoms with E-state index in [2.05, 4.69) is 82.4 Å². The van der Waals surface area contributed by atoms with Gasteiger partial charge in [0.05, 0.1) is 11.0 Å². The van der Waals surface area contributed by atoms with Crippen molar-refractivity contribution in [2.75, 3.05) is 39.8 Å². The number of likely N-dealkylation sites (tertiary alicyclic amines) is 1. The van der Waals surface area contributed by atoms with Crippen LogP contribution in [0.4, 0.5) is 0 Å². The van der Waals surface area contributed by atoms with Crippen molar-refractivity contribution in [3.05, 3.63) is 124 Å². The normalized spacial score (nSPS) is 18.9. The van der Waals surface area contributed by atoms with E-state index in [-0.39, 0.29) is 11.9 Å². The highest BCUT2D eigenvalue weighted by molar-refractivity contribution is 7.09. The van der Waals surface area contributed by atoms with Crippen LogP contribution in [-0.2, 0) is 16.8 Å². The van der Waals surface area contributed by atoms with Gasteiger partial charge in [0, 0.05) is 30.9 Å². The molecule has 1 amide bonds. The lowest BCUT2D eigenvalue weighted by molar-refractivity contribution is -0.112. The first-order valence-electron chi connectivity index (χ1n) is 14.9. The van der Waals surface area contributed by atoms with E-state index >= 15 is 0 Å². The van der Waals surface area contributed by atoms with Crippen LogP contribution < -0.4 is 0 Å². The molecule has 1 unspecified atom stereocenters. The van der Waals surface area contributed by atoms with Crippen molar-refractivity contribution in [1.29, 1.82) is 0 Å². The number of carbonyl (C=O) groups excluding carboxylic acids is 2. The summed E-state index contributed by atoms with van der Waals surface area (Å²) >= 11 is 1.60. The van der Waals surface area contributed by atoms with Gasteiger partial charge in [-0.25, -0.2) is 4.98 Å². The second-order valence-electron chi connectivity index (χ2n) is 11.6. The number of thiazole rings is 1. The minimum absolute atomic E-state index is 0.0142. The summed E-state index contributed by atoms with van der Waals surface area (Å²) < 4.78 is 0. The zero-order valence-corrected chi connectivity index (χ0v) is 25.0. The lowest BCUT2D eigenvalue weighted by atomic mass is 9.79. The van der Waals surface area contributed by atoms with Crippen LogP contribution in [0.2, 0.25) is 0 Å². The Morgan fingerprint density at radius 3 is 2.10 bits per heavy atom. The molecule has 0 aliphatic carbocycles. The zero-order chi connectivity index (χ0) is 28.9. The Morgan fingerprint density at radius 2 is 1.50 bits per heavy atom. The first kappa shape index (κ1) is 28.5. The second kappa shape index (κ2) is 12.7. The minimum Gasteiger partial charge on any atom is -0.321 e. The third-order valence-electron chi connectivity index (χ3n) is 8.95. The highest BCUT2D eigenvalue weighted by atomic mass is 32.1. The summed E-state index contributed by atoms with van der Waals surface area (Å²) in [6, 6.07) is 30.9. The molecule has 0 bridgehead atoms. The van der Waals surface area contributed by atoms with Crippen LogP contribution in [0.5, 0.6) is 0 Å². The molecule has 4 aromatic rings. The summed E-state index contributed by atoms with van der Waals surface area (Å²) in [7, 11) is 2.13. The highest BCUT2D eigenvalue weighted by Crippen LogP contribution is 2.40. The number of benzene rings is 3. The molecule has 1 aromatic heterocycles. The molecule has 1 atom stereocenters. The van der Waals surface area contributed by atoms with Gasteiger partial charge < -0.3 is 14.6 Å². The lowest BCUT2D eigenvalue weighted by Crippen LogP contribution is -2.61. The van der Waals surface area contributed by atoms with Gasteiger partial charge in [-0.05, 0) is 56.1 Å². The Bertz CT molecular complexity index is 1430. The topological polar surface area (TPSA) is 56.8 Å². The van der Waals surface area contributed by atoms with Crippen molar-refractivity contribution < 1.29 is 9.59 Å². The fourth-order valence-electron chi connectivity index (χ4n) is 6.69.